The van der Waals surface area contributed by atoms with Gasteiger partial charge in [-0.3, -0.25) is 14.3 Å². The van der Waals surface area contributed by atoms with Crippen molar-refractivity contribution >= 4 is 11.8 Å². The first-order chi connectivity index (χ1) is 17.1. The monoisotopic (exact) mass is 494 g/mol. The first kappa shape index (κ1) is 26.2. The smallest absolute Gasteiger partial charge is 0.273 e. The van der Waals surface area contributed by atoms with Gasteiger partial charge in [-0.2, -0.15) is 5.10 Å². The number of amides is 2. The number of hydrogen-bond donors (Lipinski definition) is 1. The molecule has 1 N–H and O–H groups in total. The second-order valence-electron chi connectivity index (χ2n) is 11.6. The highest BCUT2D eigenvalue weighted by Gasteiger charge is 2.48. The van der Waals surface area contributed by atoms with Gasteiger partial charge in [0, 0.05) is 18.0 Å². The number of fused-ring (bicyclic) bond motifs is 1. The van der Waals surface area contributed by atoms with E-state index in [1.807, 2.05) is 37.3 Å². The van der Waals surface area contributed by atoms with Crippen molar-refractivity contribution in [3.63, 3.8) is 0 Å². The van der Waals surface area contributed by atoms with Gasteiger partial charge in [0.1, 0.15) is 17.0 Å². The second kappa shape index (κ2) is 10.7. The van der Waals surface area contributed by atoms with Gasteiger partial charge >= 0.3 is 0 Å². The van der Waals surface area contributed by atoms with E-state index in [0.29, 0.717) is 25.4 Å². The van der Waals surface area contributed by atoms with Crippen LogP contribution >= 0.6 is 0 Å². The lowest BCUT2D eigenvalue weighted by atomic mass is 9.91. The van der Waals surface area contributed by atoms with Crippen molar-refractivity contribution < 1.29 is 14.3 Å². The quantitative estimate of drug-likeness (QED) is 0.535. The standard InChI is InChI=1S/C29H42N4O3/c1-6-17-36-23-15-13-21(14-16-23)19-32-26(34)24-18-25(28(2,3)4)31-33(24)20-29(32,5)27(35)30-22-11-9-7-8-10-12-22/h13-16,18,22H,6-12,17,19-20H2,1-5H3,(H,30,35). The van der Waals surface area contributed by atoms with Crippen LogP contribution in [-0.2, 0) is 23.3 Å². The van der Waals surface area contributed by atoms with Gasteiger partial charge < -0.3 is 15.0 Å². The fourth-order valence-corrected chi connectivity index (χ4v) is 5.11. The molecule has 7 heteroatoms. The number of aromatic nitrogens is 2. The fourth-order valence-electron chi connectivity index (χ4n) is 5.11. The maximum absolute atomic E-state index is 13.9. The summed E-state index contributed by atoms with van der Waals surface area (Å²) >= 11 is 0. The van der Waals surface area contributed by atoms with E-state index >= 15 is 0 Å². The van der Waals surface area contributed by atoms with Crippen molar-refractivity contribution in [3.05, 3.63) is 47.3 Å². The van der Waals surface area contributed by atoms with Gasteiger partial charge in [-0.05, 0) is 49.9 Å². The zero-order valence-electron chi connectivity index (χ0n) is 22.6. The Bertz CT molecular complexity index is 1060. The number of carbonyl (C=O) groups is 2. The molecule has 2 aromatic rings. The molecule has 0 bridgehead atoms. The molecule has 1 fully saturated rings. The number of carbonyl (C=O) groups excluding carboxylic acids is 2. The van der Waals surface area contributed by atoms with E-state index in [2.05, 4.69) is 33.0 Å². The molecule has 7 nitrogen and oxygen atoms in total. The highest BCUT2D eigenvalue weighted by atomic mass is 16.5. The van der Waals surface area contributed by atoms with Crippen LogP contribution in [0.2, 0.25) is 0 Å². The molecule has 36 heavy (non-hydrogen) atoms. The lowest BCUT2D eigenvalue weighted by Crippen LogP contribution is -2.64. The number of nitrogens with one attached hydrogen (secondary N) is 1. The van der Waals surface area contributed by atoms with Gasteiger partial charge in [-0.15, -0.1) is 0 Å². The maximum atomic E-state index is 13.9. The molecule has 0 radical (unpaired) electrons. The summed E-state index contributed by atoms with van der Waals surface area (Å²) in [6.07, 6.45) is 7.65. The van der Waals surface area contributed by atoms with Crippen LogP contribution in [0.15, 0.2) is 30.3 Å². The van der Waals surface area contributed by atoms with Crippen molar-refractivity contribution in [2.45, 2.75) is 110 Å². The van der Waals surface area contributed by atoms with E-state index < -0.39 is 5.54 Å². The Morgan fingerprint density at radius 2 is 1.81 bits per heavy atom. The highest BCUT2D eigenvalue weighted by molar-refractivity contribution is 5.99. The fraction of sp³-hybridized carbons (Fsp3) is 0.621. The summed E-state index contributed by atoms with van der Waals surface area (Å²) in [5, 5.41) is 8.08. The molecule has 0 saturated heterocycles. The molecule has 196 valence electrons. The maximum Gasteiger partial charge on any atom is 0.273 e. The molecule has 1 unspecified atom stereocenters. The van der Waals surface area contributed by atoms with Crippen LogP contribution in [-0.4, -0.2) is 44.7 Å². The van der Waals surface area contributed by atoms with Crippen LogP contribution < -0.4 is 10.1 Å². The summed E-state index contributed by atoms with van der Waals surface area (Å²) in [6.45, 7) is 11.6. The van der Waals surface area contributed by atoms with Gasteiger partial charge in [-0.1, -0.05) is 65.5 Å². The topological polar surface area (TPSA) is 76.5 Å². The number of ether oxygens (including phenoxy) is 1. The average Bonchev–Trinajstić information content (AvgIpc) is 3.11. The zero-order valence-corrected chi connectivity index (χ0v) is 22.6. The van der Waals surface area contributed by atoms with Crippen molar-refractivity contribution in [3.8, 4) is 5.75 Å². The Labute approximate surface area is 215 Å². The largest absolute Gasteiger partial charge is 0.494 e. The predicted molar refractivity (Wildman–Crippen MR) is 141 cm³/mol. The molecule has 1 saturated carbocycles. The van der Waals surface area contributed by atoms with E-state index in [9.17, 15) is 9.59 Å². The average molecular weight is 495 g/mol. The Kier molecular flexibility index (Phi) is 7.76. The van der Waals surface area contributed by atoms with E-state index in [-0.39, 0.29) is 23.3 Å². The first-order valence-corrected chi connectivity index (χ1v) is 13.5. The number of hydrogen-bond acceptors (Lipinski definition) is 4. The lowest BCUT2D eigenvalue weighted by molar-refractivity contribution is -0.134. The molecular weight excluding hydrogens is 452 g/mol. The molecule has 1 aromatic carbocycles. The van der Waals surface area contributed by atoms with Gasteiger partial charge in [0.2, 0.25) is 5.91 Å². The summed E-state index contributed by atoms with van der Waals surface area (Å²) in [6, 6.07) is 9.88. The van der Waals surface area contributed by atoms with E-state index in [1.54, 1.807) is 9.58 Å². The van der Waals surface area contributed by atoms with Crippen LogP contribution in [0.4, 0.5) is 0 Å². The van der Waals surface area contributed by atoms with Crippen molar-refractivity contribution in [2.24, 2.45) is 0 Å². The summed E-state index contributed by atoms with van der Waals surface area (Å²) in [5.74, 6) is 0.561. The third-order valence-corrected chi connectivity index (χ3v) is 7.48. The molecule has 1 atom stereocenters. The minimum absolute atomic E-state index is 0.0934. The van der Waals surface area contributed by atoms with Crippen LogP contribution in [0.1, 0.15) is 101 Å². The van der Waals surface area contributed by atoms with Crippen molar-refractivity contribution in [1.82, 2.24) is 20.0 Å². The third-order valence-electron chi connectivity index (χ3n) is 7.48. The summed E-state index contributed by atoms with van der Waals surface area (Å²) < 4.78 is 7.46. The van der Waals surface area contributed by atoms with E-state index in [1.165, 1.54) is 12.8 Å². The predicted octanol–water partition coefficient (Wildman–Crippen LogP) is 5.22. The van der Waals surface area contributed by atoms with E-state index in [0.717, 1.165) is 49.1 Å². The zero-order chi connectivity index (χ0) is 25.9. The molecule has 2 aliphatic rings. The molecule has 1 aliphatic carbocycles. The molecule has 1 aromatic heterocycles. The summed E-state index contributed by atoms with van der Waals surface area (Å²) in [5.41, 5.74) is 1.13. The van der Waals surface area contributed by atoms with Gasteiger partial charge in [0.05, 0.1) is 18.8 Å². The summed E-state index contributed by atoms with van der Waals surface area (Å²) in [7, 11) is 0. The summed E-state index contributed by atoms with van der Waals surface area (Å²) in [4.78, 5) is 29.5. The van der Waals surface area contributed by atoms with Gasteiger partial charge in [0.25, 0.3) is 5.91 Å². The van der Waals surface area contributed by atoms with Crippen molar-refractivity contribution in [1.29, 1.82) is 0 Å². The molecule has 1 aliphatic heterocycles. The molecular formula is C29H42N4O3. The number of benzene rings is 1. The minimum atomic E-state index is -1.05. The molecule has 0 spiro atoms. The van der Waals surface area contributed by atoms with Crippen LogP contribution in [0.3, 0.4) is 0 Å². The Morgan fingerprint density at radius 1 is 1.14 bits per heavy atom. The molecule has 4 rings (SSSR count). The Hall–Kier alpha value is -2.83. The van der Waals surface area contributed by atoms with E-state index in [4.69, 9.17) is 9.84 Å². The van der Waals surface area contributed by atoms with Gasteiger partial charge in [-0.25, -0.2) is 0 Å². The highest BCUT2D eigenvalue weighted by Crippen LogP contribution is 2.32. The Morgan fingerprint density at radius 3 is 2.42 bits per heavy atom. The minimum Gasteiger partial charge on any atom is -0.494 e. The van der Waals surface area contributed by atoms with Crippen molar-refractivity contribution in [2.75, 3.05) is 6.61 Å². The Balaban J connectivity index is 1.64. The van der Waals surface area contributed by atoms with Gasteiger partial charge in [0.15, 0.2) is 0 Å². The second-order valence-corrected chi connectivity index (χ2v) is 11.6. The first-order valence-electron chi connectivity index (χ1n) is 13.5. The third kappa shape index (κ3) is 5.60. The van der Waals surface area contributed by atoms with Crippen LogP contribution in [0.25, 0.3) is 0 Å². The number of rotatable bonds is 7. The SMILES string of the molecule is CCCOc1ccc(CN2C(=O)c3cc(C(C)(C)C)nn3CC2(C)C(=O)NC2CCCCCC2)cc1. The lowest BCUT2D eigenvalue weighted by Gasteiger charge is -2.44. The molecule has 2 heterocycles. The van der Waals surface area contributed by atoms with Crippen LogP contribution in [0, 0.1) is 0 Å². The molecule has 2 amide bonds. The normalized spacial score (nSPS) is 21.1. The number of nitrogens with zero attached hydrogens (tertiary/aromatic N) is 3. The van der Waals surface area contributed by atoms with Crippen LogP contribution in [0.5, 0.6) is 5.75 Å².